The second-order valence-corrected chi connectivity index (χ2v) is 9.23. The third-order valence-electron chi connectivity index (χ3n) is 4.45. The largest absolute Gasteiger partial charge is 0.375 e. The monoisotopic (exact) mass is 379 g/mol. The maximum Gasteiger partial charge on any atom is 0.199 e. The van der Waals surface area contributed by atoms with Crippen LogP contribution in [-0.2, 0) is 14.9 Å². The van der Waals surface area contributed by atoms with Gasteiger partial charge in [-0.1, -0.05) is 32.9 Å². The number of hydrazone groups is 1. The quantitative estimate of drug-likeness (QED) is 0.621. The van der Waals surface area contributed by atoms with Crippen molar-refractivity contribution in [1.82, 2.24) is 5.43 Å². The summed E-state index contributed by atoms with van der Waals surface area (Å²) in [4.78, 5) is 1.29. The molecule has 136 valence electrons. The molecule has 0 aliphatic carbocycles. The highest BCUT2D eigenvalue weighted by molar-refractivity contribution is 8.00. The van der Waals surface area contributed by atoms with E-state index in [1.807, 2.05) is 11.8 Å². The van der Waals surface area contributed by atoms with E-state index in [4.69, 9.17) is 27.4 Å². The topological polar surface area (TPSA) is 68.9 Å². The van der Waals surface area contributed by atoms with E-state index in [0.29, 0.717) is 6.61 Å². The zero-order valence-electron chi connectivity index (χ0n) is 15.0. The van der Waals surface area contributed by atoms with Gasteiger partial charge in [-0.25, -0.2) is 0 Å². The summed E-state index contributed by atoms with van der Waals surface area (Å²) in [6.07, 6.45) is 0.483. The first kappa shape index (κ1) is 18.6. The Bertz CT molecular complexity index is 700. The molecule has 1 aromatic carbocycles. The molecule has 2 heterocycles. The third kappa shape index (κ3) is 4.34. The van der Waals surface area contributed by atoms with Crippen molar-refractivity contribution < 1.29 is 9.47 Å². The minimum atomic E-state index is -0.384. The van der Waals surface area contributed by atoms with Gasteiger partial charge in [0.05, 0.1) is 18.4 Å². The highest BCUT2D eigenvalue weighted by atomic mass is 32.2. The van der Waals surface area contributed by atoms with Gasteiger partial charge < -0.3 is 15.2 Å². The molecular formula is C18H25N3O2S2. The van der Waals surface area contributed by atoms with E-state index in [1.54, 1.807) is 0 Å². The maximum absolute atomic E-state index is 5.97. The predicted octanol–water partition coefficient (Wildman–Crippen LogP) is 3.09. The Morgan fingerprint density at radius 2 is 2.16 bits per heavy atom. The molecule has 0 radical (unpaired) electrons. The summed E-state index contributed by atoms with van der Waals surface area (Å²) in [5.74, 6) is 0. The summed E-state index contributed by atoms with van der Waals surface area (Å²) in [6.45, 7) is 9.44. The van der Waals surface area contributed by atoms with Gasteiger partial charge in [0, 0.05) is 16.6 Å². The van der Waals surface area contributed by atoms with Gasteiger partial charge in [-0.3, -0.25) is 5.43 Å². The molecule has 2 bridgehead atoms. The van der Waals surface area contributed by atoms with E-state index in [-0.39, 0.29) is 28.2 Å². The van der Waals surface area contributed by atoms with Crippen LogP contribution in [0.5, 0.6) is 0 Å². The fourth-order valence-corrected chi connectivity index (χ4v) is 4.29. The number of hydrogen-bond acceptors (Lipinski definition) is 5. The van der Waals surface area contributed by atoms with E-state index in [0.717, 1.165) is 12.1 Å². The van der Waals surface area contributed by atoms with Crippen LogP contribution < -0.4 is 11.2 Å². The van der Waals surface area contributed by atoms with Crippen molar-refractivity contribution in [3.8, 4) is 0 Å². The van der Waals surface area contributed by atoms with Crippen molar-refractivity contribution in [2.45, 2.75) is 62.1 Å². The Labute approximate surface area is 158 Å². The number of nitrogens with zero attached hydrogens (tertiary/aromatic N) is 1. The molecule has 5 nitrogen and oxygen atoms in total. The van der Waals surface area contributed by atoms with Gasteiger partial charge in [-0.15, -0.1) is 11.8 Å². The van der Waals surface area contributed by atoms with Gasteiger partial charge >= 0.3 is 0 Å². The van der Waals surface area contributed by atoms with Crippen LogP contribution in [0.3, 0.4) is 0 Å². The molecule has 2 aliphatic rings. The molecule has 1 aromatic rings. The molecule has 2 aliphatic heterocycles. The number of aryl methyl sites for hydroxylation is 1. The van der Waals surface area contributed by atoms with E-state index in [2.05, 4.69) is 56.4 Å². The molecule has 0 amide bonds. The standard InChI is InChI=1S/C18H25N3O2S2/c1-10-5-6-11(18(2,3)4)7-14(10)25-15-8-12(20-21-17(19)24)16-22-9-13(15)23-16/h5-7,13,15-16H,8-9H2,1-4H3,(H3,19,21,24)/t13-,15+,16-/m0/s1. The average Bonchev–Trinajstić information content (AvgIpc) is 2.94. The lowest BCUT2D eigenvalue weighted by Gasteiger charge is -2.29. The first-order chi connectivity index (χ1) is 11.7. The predicted molar refractivity (Wildman–Crippen MR) is 106 cm³/mol. The zero-order chi connectivity index (χ0) is 18.2. The molecule has 25 heavy (non-hydrogen) atoms. The van der Waals surface area contributed by atoms with Crippen molar-refractivity contribution in [2.75, 3.05) is 6.61 Å². The van der Waals surface area contributed by atoms with Crippen LogP contribution in [0, 0.1) is 6.92 Å². The van der Waals surface area contributed by atoms with E-state index >= 15 is 0 Å². The van der Waals surface area contributed by atoms with Crippen LogP contribution in [0.25, 0.3) is 0 Å². The Balaban J connectivity index is 1.80. The number of thiocarbonyl (C=S) groups is 1. The van der Waals surface area contributed by atoms with Crippen molar-refractivity contribution in [1.29, 1.82) is 0 Å². The van der Waals surface area contributed by atoms with Crippen LogP contribution in [0.15, 0.2) is 28.2 Å². The van der Waals surface area contributed by atoms with Crippen LogP contribution in [0.4, 0.5) is 0 Å². The number of hydrogen-bond donors (Lipinski definition) is 2. The Morgan fingerprint density at radius 3 is 2.84 bits per heavy atom. The highest BCUT2D eigenvalue weighted by Gasteiger charge is 2.42. The molecule has 0 unspecified atom stereocenters. The minimum absolute atomic E-state index is 0.0801. The lowest BCUT2D eigenvalue weighted by atomic mass is 9.87. The van der Waals surface area contributed by atoms with Gasteiger partial charge in [-0.05, 0) is 41.7 Å². The lowest BCUT2D eigenvalue weighted by molar-refractivity contribution is -0.0150. The number of benzene rings is 1. The molecule has 3 rings (SSSR count). The summed E-state index contributed by atoms with van der Waals surface area (Å²) in [5, 5.41) is 4.66. The molecule has 2 fully saturated rings. The van der Waals surface area contributed by atoms with E-state index in [9.17, 15) is 0 Å². The minimum Gasteiger partial charge on any atom is -0.375 e. The van der Waals surface area contributed by atoms with E-state index < -0.39 is 0 Å². The summed E-state index contributed by atoms with van der Waals surface area (Å²) >= 11 is 6.66. The third-order valence-corrected chi connectivity index (χ3v) is 6.01. The Kier molecular flexibility index (Phi) is 5.39. The molecule has 7 heteroatoms. The SMILES string of the molecule is Cc1ccc(C(C)(C)C)cc1S[C@@H]1CC(=NNC(N)=S)[C@H]2OC[C@@H]1O2. The molecular weight excluding hydrogens is 354 g/mol. The number of nitrogens with one attached hydrogen (secondary N) is 1. The van der Waals surface area contributed by atoms with Gasteiger partial charge in [0.1, 0.15) is 0 Å². The lowest BCUT2D eigenvalue weighted by Crippen LogP contribution is -2.39. The molecule has 3 N–H and O–H groups in total. The van der Waals surface area contributed by atoms with Crippen LogP contribution in [0.1, 0.15) is 38.3 Å². The first-order valence-corrected chi connectivity index (χ1v) is 9.69. The van der Waals surface area contributed by atoms with Crippen LogP contribution >= 0.6 is 24.0 Å². The summed E-state index contributed by atoms with van der Waals surface area (Å²) < 4.78 is 11.7. The second-order valence-electron chi connectivity index (χ2n) is 7.51. The number of ether oxygens (including phenoxy) is 2. The van der Waals surface area contributed by atoms with E-state index in [1.165, 1.54) is 16.0 Å². The molecule has 0 spiro atoms. The summed E-state index contributed by atoms with van der Waals surface area (Å²) in [6, 6.07) is 6.71. The number of rotatable bonds is 3. The summed E-state index contributed by atoms with van der Waals surface area (Å²) in [5.41, 5.74) is 11.7. The molecule has 0 saturated carbocycles. The van der Waals surface area contributed by atoms with Crippen LogP contribution in [0.2, 0.25) is 0 Å². The average molecular weight is 380 g/mol. The molecule has 3 atom stereocenters. The maximum atomic E-state index is 5.97. The summed E-state index contributed by atoms with van der Waals surface area (Å²) in [7, 11) is 0. The number of fused-ring (bicyclic) bond motifs is 2. The van der Waals surface area contributed by atoms with Crippen molar-refractivity contribution in [3.63, 3.8) is 0 Å². The van der Waals surface area contributed by atoms with Crippen molar-refractivity contribution in [2.24, 2.45) is 10.8 Å². The molecule has 0 aromatic heterocycles. The fraction of sp³-hybridized carbons (Fsp3) is 0.556. The Hall–Kier alpha value is -1.15. The van der Waals surface area contributed by atoms with Crippen molar-refractivity contribution in [3.05, 3.63) is 29.3 Å². The van der Waals surface area contributed by atoms with Gasteiger partial charge in [0.25, 0.3) is 0 Å². The molecule has 2 saturated heterocycles. The first-order valence-electron chi connectivity index (χ1n) is 8.41. The van der Waals surface area contributed by atoms with Crippen LogP contribution in [-0.4, -0.2) is 35.1 Å². The van der Waals surface area contributed by atoms with Gasteiger partial charge in [0.15, 0.2) is 11.4 Å². The highest BCUT2D eigenvalue weighted by Crippen LogP contribution is 2.39. The fourth-order valence-electron chi connectivity index (χ4n) is 2.92. The van der Waals surface area contributed by atoms with Gasteiger partial charge in [-0.2, -0.15) is 5.10 Å². The zero-order valence-corrected chi connectivity index (χ0v) is 16.7. The normalized spacial score (nSPS) is 27.5. The second kappa shape index (κ2) is 7.23. The Morgan fingerprint density at radius 1 is 1.40 bits per heavy atom. The number of nitrogens with two attached hydrogens (primary N) is 1. The number of thioether (sulfide) groups is 1. The smallest absolute Gasteiger partial charge is 0.199 e. The van der Waals surface area contributed by atoms with Gasteiger partial charge in [0.2, 0.25) is 0 Å². The van der Waals surface area contributed by atoms with Crippen molar-refractivity contribution >= 4 is 34.8 Å².